The maximum absolute atomic E-state index is 13.9. The van der Waals surface area contributed by atoms with Gasteiger partial charge in [-0.2, -0.15) is 0 Å². The quantitative estimate of drug-likeness (QED) is 0.0188. The summed E-state index contributed by atoms with van der Waals surface area (Å²) in [4.78, 5) is 83.6. The first-order valence-electron chi connectivity index (χ1n) is 25.5. The number of hydrazine groups is 2. The lowest BCUT2D eigenvalue weighted by Gasteiger charge is -2.31. The molecule has 20 nitrogen and oxygen atoms in total. The molecule has 8 N–H and O–H groups in total. The lowest BCUT2D eigenvalue weighted by atomic mass is 9.95. The van der Waals surface area contributed by atoms with Gasteiger partial charge < -0.3 is 30.3 Å². The molecule has 0 bridgehead atoms. The van der Waals surface area contributed by atoms with Crippen molar-refractivity contribution in [3.8, 4) is 0 Å². The summed E-state index contributed by atoms with van der Waals surface area (Å²) in [5.74, 6) is -2.00. The minimum Gasteiger partial charge on any atom is -0.447 e. The molecule has 2 atom stereocenters. The van der Waals surface area contributed by atoms with Gasteiger partial charge in [0.25, 0.3) is 0 Å². The summed E-state index contributed by atoms with van der Waals surface area (Å²) in [6, 6.07) is 25.7. The SMILES string of the molecule is CC(=O)N(NCc1cccc(F)c1Cl)C(CCC(=O)NCC(C)(C)CO)COC(=O)Nc1cc2ccccc2cn1.CC(=O)N(NCc1cccc(F)c1Cl)[C@@H](CCC(=O)NCCCO)COC(=O)Nc1cc2ccccc2cn1. The molecule has 80 heavy (non-hydrogen) atoms. The molecular formula is C56H66Cl2F2N10O10. The van der Waals surface area contributed by atoms with Gasteiger partial charge in [0.15, 0.2) is 0 Å². The number of aromatic nitrogens is 2. The number of carbonyl (C=O) groups excluding carboxylic acids is 6. The number of anilines is 2. The van der Waals surface area contributed by atoms with Crippen molar-refractivity contribution in [3.63, 3.8) is 0 Å². The first-order chi connectivity index (χ1) is 38.3. The smallest absolute Gasteiger partial charge is 0.412 e. The van der Waals surface area contributed by atoms with Gasteiger partial charge in [0.2, 0.25) is 23.6 Å². The van der Waals surface area contributed by atoms with E-state index in [0.29, 0.717) is 35.7 Å². The molecule has 1 unspecified atom stereocenters. The molecule has 0 aliphatic rings. The molecule has 0 aliphatic heterocycles. The minimum atomic E-state index is -0.788. The first-order valence-corrected chi connectivity index (χ1v) is 26.3. The van der Waals surface area contributed by atoms with Crippen LogP contribution in [-0.4, -0.2) is 118 Å². The van der Waals surface area contributed by atoms with Crippen molar-refractivity contribution in [1.29, 1.82) is 0 Å². The van der Waals surface area contributed by atoms with Crippen LogP contribution in [-0.2, 0) is 41.7 Å². The monoisotopic (exact) mass is 1150 g/mol. The number of hydrogen-bond donors (Lipinski definition) is 8. The lowest BCUT2D eigenvalue weighted by Crippen LogP contribution is -2.51. The topological polar surface area (TPSA) is 266 Å². The molecule has 2 aromatic heterocycles. The number of aliphatic hydroxyl groups excluding tert-OH is 2. The van der Waals surface area contributed by atoms with Gasteiger partial charge in [0.1, 0.15) is 36.5 Å². The van der Waals surface area contributed by atoms with Gasteiger partial charge in [-0.3, -0.25) is 39.8 Å². The van der Waals surface area contributed by atoms with Gasteiger partial charge in [0, 0.05) is 94.7 Å². The van der Waals surface area contributed by atoms with E-state index >= 15 is 0 Å². The Labute approximate surface area is 471 Å². The standard InChI is InChI=1S/C29H35ClFN5O5.C27H31ClFN5O5/c1-19(38)36(34-15-22-9-6-10-24(31)27(22)30)23(11-12-26(39)33-17-29(2,3)18-37)16-41-28(40)35-25-13-20-7-4-5-8-21(20)14-32-25;1-18(36)34(32-16-21-8-4-9-23(29)26(21)28)22(10-11-25(37)30-12-5-13-35)17-39-27(38)33-24-14-19-6-2-3-7-20(19)15-31-24/h4-10,13-14,23,34,37H,11-12,15-18H2,1-3H3,(H,33,39)(H,32,35,40);2-4,6-9,14-15,22,32,35H,5,10-13,16-17H2,1H3,(H,30,37)(H,31,33,38)/t;22-/m.0/s1. The molecule has 0 aliphatic carbocycles. The van der Waals surface area contributed by atoms with E-state index in [2.05, 4.69) is 42.1 Å². The van der Waals surface area contributed by atoms with Crippen LogP contribution in [0.1, 0.15) is 70.9 Å². The van der Waals surface area contributed by atoms with Crippen LogP contribution >= 0.6 is 23.2 Å². The molecule has 6 aromatic rings. The molecule has 24 heteroatoms. The van der Waals surface area contributed by atoms with E-state index in [-0.39, 0.29) is 93.6 Å². The van der Waals surface area contributed by atoms with Crippen molar-refractivity contribution in [3.05, 3.63) is 142 Å². The van der Waals surface area contributed by atoms with Gasteiger partial charge in [-0.25, -0.2) is 39.2 Å². The second-order valence-electron chi connectivity index (χ2n) is 19.1. The number of carbonyl (C=O) groups is 6. The second-order valence-corrected chi connectivity index (χ2v) is 19.8. The van der Waals surface area contributed by atoms with Crippen molar-refractivity contribution >= 4 is 92.2 Å². The summed E-state index contributed by atoms with van der Waals surface area (Å²) in [5, 5.41) is 34.9. The van der Waals surface area contributed by atoms with E-state index in [1.54, 1.807) is 36.7 Å². The summed E-state index contributed by atoms with van der Waals surface area (Å²) in [6.07, 6.45) is 2.42. The maximum Gasteiger partial charge on any atom is 0.412 e. The summed E-state index contributed by atoms with van der Waals surface area (Å²) in [6.45, 7) is 6.20. The van der Waals surface area contributed by atoms with E-state index in [1.807, 2.05) is 62.4 Å². The highest BCUT2D eigenvalue weighted by Gasteiger charge is 2.27. The largest absolute Gasteiger partial charge is 0.447 e. The second kappa shape index (κ2) is 31.9. The average Bonchev–Trinajstić information content (AvgIpc) is 3.44. The van der Waals surface area contributed by atoms with E-state index < -0.39 is 53.1 Å². The lowest BCUT2D eigenvalue weighted by molar-refractivity contribution is -0.137. The molecule has 6 amide bonds. The molecule has 0 spiro atoms. The summed E-state index contributed by atoms with van der Waals surface area (Å²) >= 11 is 12.1. The predicted molar refractivity (Wildman–Crippen MR) is 300 cm³/mol. The number of rotatable bonds is 26. The Kier molecular flexibility index (Phi) is 25.2. The number of amides is 6. The zero-order chi connectivity index (χ0) is 58.2. The van der Waals surface area contributed by atoms with Gasteiger partial charge in [0.05, 0.1) is 22.1 Å². The number of nitrogens with one attached hydrogen (secondary N) is 6. The Bertz CT molecular complexity index is 3070. The highest BCUT2D eigenvalue weighted by Crippen LogP contribution is 2.23. The molecule has 0 radical (unpaired) electrons. The number of hydrogen-bond acceptors (Lipinski definition) is 14. The zero-order valence-electron chi connectivity index (χ0n) is 44.7. The van der Waals surface area contributed by atoms with E-state index in [4.69, 9.17) is 37.8 Å². The minimum absolute atomic E-state index is 0.00949. The van der Waals surface area contributed by atoms with Crippen LogP contribution < -0.4 is 32.1 Å². The number of ether oxygens (including phenoxy) is 2. The molecule has 428 valence electrons. The van der Waals surface area contributed by atoms with Crippen molar-refractivity contribution < 1.29 is 57.2 Å². The van der Waals surface area contributed by atoms with Crippen LogP contribution in [0, 0.1) is 17.0 Å². The van der Waals surface area contributed by atoms with Gasteiger partial charge in [-0.15, -0.1) is 0 Å². The van der Waals surface area contributed by atoms with Crippen molar-refractivity contribution in [1.82, 2.24) is 41.5 Å². The summed E-state index contributed by atoms with van der Waals surface area (Å²) in [7, 11) is 0. The molecule has 6 rings (SSSR count). The van der Waals surface area contributed by atoms with Crippen LogP contribution in [0.15, 0.2) is 109 Å². The van der Waals surface area contributed by atoms with Crippen molar-refractivity contribution in [2.24, 2.45) is 5.41 Å². The molecular weight excluding hydrogens is 1080 g/mol. The van der Waals surface area contributed by atoms with Gasteiger partial charge in [-0.05, 0) is 65.4 Å². The normalized spacial score (nSPS) is 11.8. The maximum atomic E-state index is 13.9. The summed E-state index contributed by atoms with van der Waals surface area (Å²) in [5.41, 5.74) is 6.19. The third kappa shape index (κ3) is 20.6. The number of benzene rings is 4. The number of nitrogens with zero attached hydrogens (tertiary/aromatic N) is 4. The van der Waals surface area contributed by atoms with Gasteiger partial charge in [-0.1, -0.05) is 110 Å². The molecule has 0 saturated heterocycles. The number of fused-ring (bicyclic) bond motifs is 2. The highest BCUT2D eigenvalue weighted by molar-refractivity contribution is 6.31. The Balaban J connectivity index is 0.000000294. The third-order valence-corrected chi connectivity index (χ3v) is 13.0. The van der Waals surface area contributed by atoms with Crippen LogP contribution in [0.3, 0.4) is 0 Å². The first kappa shape index (κ1) is 63.2. The van der Waals surface area contributed by atoms with E-state index in [9.17, 15) is 42.7 Å². The third-order valence-electron chi connectivity index (χ3n) is 12.1. The molecule has 0 fully saturated rings. The molecule has 4 aromatic carbocycles. The van der Waals surface area contributed by atoms with Gasteiger partial charge >= 0.3 is 12.2 Å². The fourth-order valence-electron chi connectivity index (χ4n) is 7.68. The van der Waals surface area contributed by atoms with Crippen LogP contribution in [0.2, 0.25) is 10.0 Å². The van der Waals surface area contributed by atoms with E-state index in [0.717, 1.165) is 21.5 Å². The van der Waals surface area contributed by atoms with Crippen LogP contribution in [0.25, 0.3) is 21.5 Å². The molecule has 0 saturated carbocycles. The zero-order valence-corrected chi connectivity index (χ0v) is 46.2. The van der Waals surface area contributed by atoms with Crippen LogP contribution in [0.4, 0.5) is 30.0 Å². The van der Waals surface area contributed by atoms with Crippen molar-refractivity contribution in [2.45, 2.75) is 85.0 Å². The molecule has 2 heterocycles. The highest BCUT2D eigenvalue weighted by atomic mass is 35.5. The van der Waals surface area contributed by atoms with E-state index in [1.165, 1.54) is 48.1 Å². The summed E-state index contributed by atoms with van der Waals surface area (Å²) < 4.78 is 38.6. The van der Waals surface area contributed by atoms with Crippen molar-refractivity contribution in [2.75, 3.05) is 50.2 Å². The Morgan fingerprint density at radius 3 is 1.46 bits per heavy atom. The fraction of sp³-hybridized carbons (Fsp3) is 0.357. The number of halogens is 4. The predicted octanol–water partition coefficient (Wildman–Crippen LogP) is 8.19. The number of pyridine rings is 2. The Morgan fingerprint density at radius 1 is 0.625 bits per heavy atom. The Morgan fingerprint density at radius 2 is 1.05 bits per heavy atom. The Hall–Kier alpha value is -7.60. The van der Waals surface area contributed by atoms with Crippen LogP contribution in [0.5, 0.6) is 0 Å². The average molecular weight is 1150 g/mol. The fourth-order valence-corrected chi connectivity index (χ4v) is 8.07. The number of aliphatic hydroxyl groups is 2.